The van der Waals surface area contributed by atoms with E-state index in [9.17, 15) is 4.79 Å². The van der Waals surface area contributed by atoms with Crippen LogP contribution in [0.3, 0.4) is 0 Å². The van der Waals surface area contributed by atoms with Crippen LogP contribution >= 0.6 is 11.8 Å². The van der Waals surface area contributed by atoms with Gasteiger partial charge in [-0.05, 0) is 23.3 Å². The van der Waals surface area contributed by atoms with Crippen LogP contribution in [0.2, 0.25) is 0 Å². The van der Waals surface area contributed by atoms with Crippen molar-refractivity contribution in [2.24, 2.45) is 0 Å². The molecule has 1 aliphatic rings. The van der Waals surface area contributed by atoms with Crippen LogP contribution in [0, 0.1) is 0 Å². The number of ether oxygens (including phenoxy) is 1. The minimum absolute atomic E-state index is 0.0294. The van der Waals surface area contributed by atoms with Crippen LogP contribution in [0.1, 0.15) is 22.1 Å². The Hall–Kier alpha value is -2.98. The van der Waals surface area contributed by atoms with E-state index in [1.165, 1.54) is 0 Å². The van der Waals surface area contributed by atoms with Gasteiger partial charge in [-0.15, -0.1) is 11.8 Å². The molecule has 3 aromatic rings. The zero-order valence-electron chi connectivity index (χ0n) is 16.1. The Balaban J connectivity index is 1.50. The van der Waals surface area contributed by atoms with Gasteiger partial charge < -0.3 is 9.64 Å². The lowest BCUT2D eigenvalue weighted by molar-refractivity contribution is -0.126. The number of thioether (sulfide) groups is 1. The highest BCUT2D eigenvalue weighted by Gasteiger charge is 2.31. The van der Waals surface area contributed by atoms with Gasteiger partial charge in [0.15, 0.2) is 0 Å². The zero-order chi connectivity index (χ0) is 19.9. The highest BCUT2D eigenvalue weighted by molar-refractivity contribution is 7.99. The third kappa shape index (κ3) is 4.90. The van der Waals surface area contributed by atoms with Gasteiger partial charge in [-0.25, -0.2) is 0 Å². The number of hydrogen-bond acceptors (Lipinski definition) is 3. The van der Waals surface area contributed by atoms with E-state index in [-0.39, 0.29) is 11.3 Å². The number of benzene rings is 3. The molecule has 146 valence electrons. The number of nitrogens with zero attached hydrogens (tertiary/aromatic N) is 1. The number of rotatable bonds is 6. The lowest BCUT2D eigenvalue weighted by atomic mass is 10.1. The summed E-state index contributed by atoms with van der Waals surface area (Å²) in [7, 11) is 0. The van der Waals surface area contributed by atoms with Crippen LogP contribution in [-0.4, -0.2) is 23.1 Å². The number of amides is 1. The molecule has 1 amide bonds. The third-order valence-corrected chi connectivity index (χ3v) is 6.06. The predicted molar refractivity (Wildman–Crippen MR) is 120 cm³/mol. The molecule has 4 heteroatoms. The molecule has 0 aromatic heterocycles. The summed E-state index contributed by atoms with van der Waals surface area (Å²) in [6, 6.07) is 28.1. The van der Waals surface area contributed by atoms with Crippen molar-refractivity contribution >= 4 is 23.7 Å². The SMILES string of the molecule is O=C(/C=C/c1ccccc1)N1CCS[C@H]1c1ccccc1OCc1ccccc1. The average molecular weight is 402 g/mol. The molecule has 0 N–H and O–H groups in total. The Kier molecular flexibility index (Phi) is 6.32. The van der Waals surface area contributed by atoms with E-state index in [1.807, 2.05) is 77.7 Å². The zero-order valence-corrected chi connectivity index (χ0v) is 16.9. The molecule has 3 aromatic carbocycles. The summed E-state index contributed by atoms with van der Waals surface area (Å²) in [5, 5.41) is -0.0325. The summed E-state index contributed by atoms with van der Waals surface area (Å²) >= 11 is 1.78. The van der Waals surface area contributed by atoms with Gasteiger partial charge in [0, 0.05) is 23.9 Å². The van der Waals surface area contributed by atoms with E-state index >= 15 is 0 Å². The summed E-state index contributed by atoms with van der Waals surface area (Å²) < 4.78 is 6.12. The Bertz CT molecular complexity index is 972. The van der Waals surface area contributed by atoms with E-state index in [4.69, 9.17) is 4.74 Å². The molecule has 0 bridgehead atoms. The molecule has 1 atom stereocenters. The fourth-order valence-corrected chi connectivity index (χ4v) is 4.62. The van der Waals surface area contributed by atoms with Gasteiger partial charge >= 0.3 is 0 Å². The second kappa shape index (κ2) is 9.48. The molecule has 29 heavy (non-hydrogen) atoms. The molecular formula is C25H23NO2S. The van der Waals surface area contributed by atoms with Gasteiger partial charge in [0.05, 0.1) is 0 Å². The molecule has 0 saturated carbocycles. The van der Waals surface area contributed by atoms with Crippen LogP contribution in [0.15, 0.2) is 91.0 Å². The van der Waals surface area contributed by atoms with Crippen LogP contribution in [0.4, 0.5) is 0 Å². The van der Waals surface area contributed by atoms with Crippen molar-refractivity contribution in [3.63, 3.8) is 0 Å². The van der Waals surface area contributed by atoms with Crippen molar-refractivity contribution in [2.75, 3.05) is 12.3 Å². The molecule has 3 nitrogen and oxygen atoms in total. The summed E-state index contributed by atoms with van der Waals surface area (Å²) in [5.41, 5.74) is 3.20. The minimum atomic E-state index is -0.0325. The maximum Gasteiger partial charge on any atom is 0.247 e. The highest BCUT2D eigenvalue weighted by Crippen LogP contribution is 2.42. The van der Waals surface area contributed by atoms with E-state index in [2.05, 4.69) is 18.2 Å². The molecule has 1 heterocycles. The number of carbonyl (C=O) groups is 1. The first-order chi connectivity index (χ1) is 14.3. The molecule has 4 rings (SSSR count). The summed E-state index contributed by atoms with van der Waals surface area (Å²) in [4.78, 5) is 14.8. The van der Waals surface area contributed by atoms with Crippen LogP contribution < -0.4 is 4.74 Å². The first-order valence-electron chi connectivity index (χ1n) is 9.72. The average Bonchev–Trinajstić information content (AvgIpc) is 3.27. The van der Waals surface area contributed by atoms with Crippen molar-refractivity contribution in [3.8, 4) is 5.75 Å². The summed E-state index contributed by atoms with van der Waals surface area (Å²) in [6.07, 6.45) is 3.54. The predicted octanol–water partition coefficient (Wildman–Crippen LogP) is 5.55. The monoisotopic (exact) mass is 401 g/mol. The van der Waals surface area contributed by atoms with Crippen LogP contribution in [-0.2, 0) is 11.4 Å². The van der Waals surface area contributed by atoms with Gasteiger partial charge in [-0.1, -0.05) is 78.9 Å². The number of para-hydroxylation sites is 1. The first kappa shape index (κ1) is 19.3. The van der Waals surface area contributed by atoms with Crippen molar-refractivity contribution in [1.82, 2.24) is 4.90 Å². The standard InChI is InChI=1S/C25H23NO2S/c27-24(16-15-20-9-3-1-4-10-20)26-17-18-29-25(26)22-13-7-8-14-23(22)28-19-21-11-5-2-6-12-21/h1-16,25H,17-19H2/b16-15+/t25-/m0/s1. The van der Waals surface area contributed by atoms with E-state index < -0.39 is 0 Å². The van der Waals surface area contributed by atoms with Gasteiger partial charge in [-0.2, -0.15) is 0 Å². The fraction of sp³-hybridized carbons (Fsp3) is 0.160. The molecule has 0 aliphatic carbocycles. The van der Waals surface area contributed by atoms with Crippen molar-refractivity contribution in [2.45, 2.75) is 12.0 Å². The summed E-state index contributed by atoms with van der Waals surface area (Å²) in [5.74, 6) is 1.78. The van der Waals surface area contributed by atoms with Crippen LogP contribution in [0.5, 0.6) is 5.75 Å². The van der Waals surface area contributed by atoms with E-state index in [0.29, 0.717) is 6.61 Å². The van der Waals surface area contributed by atoms with Crippen molar-refractivity contribution in [1.29, 1.82) is 0 Å². The molecule has 0 spiro atoms. The van der Waals surface area contributed by atoms with Crippen molar-refractivity contribution in [3.05, 3.63) is 108 Å². The van der Waals surface area contributed by atoms with Gasteiger partial charge in [0.1, 0.15) is 17.7 Å². The second-order valence-corrected chi connectivity index (χ2v) is 8.00. The highest BCUT2D eigenvalue weighted by atomic mass is 32.2. The second-order valence-electron chi connectivity index (χ2n) is 6.81. The smallest absolute Gasteiger partial charge is 0.247 e. The van der Waals surface area contributed by atoms with E-state index in [0.717, 1.165) is 34.7 Å². The topological polar surface area (TPSA) is 29.5 Å². The van der Waals surface area contributed by atoms with Gasteiger partial charge in [-0.3, -0.25) is 4.79 Å². The normalized spacial score (nSPS) is 16.3. The summed E-state index contributed by atoms with van der Waals surface area (Å²) in [6.45, 7) is 1.25. The Morgan fingerprint density at radius 2 is 1.66 bits per heavy atom. The number of hydrogen-bond donors (Lipinski definition) is 0. The lowest BCUT2D eigenvalue weighted by Gasteiger charge is -2.24. The Labute approximate surface area is 176 Å². The minimum Gasteiger partial charge on any atom is -0.489 e. The maximum atomic E-state index is 12.9. The number of carbonyl (C=O) groups excluding carboxylic acids is 1. The Morgan fingerprint density at radius 3 is 2.45 bits per heavy atom. The maximum absolute atomic E-state index is 12.9. The van der Waals surface area contributed by atoms with Crippen molar-refractivity contribution < 1.29 is 9.53 Å². The van der Waals surface area contributed by atoms with E-state index in [1.54, 1.807) is 17.8 Å². The molecule has 0 unspecified atom stereocenters. The van der Waals surface area contributed by atoms with Gasteiger partial charge in [0.2, 0.25) is 5.91 Å². The largest absolute Gasteiger partial charge is 0.489 e. The van der Waals surface area contributed by atoms with Gasteiger partial charge in [0.25, 0.3) is 0 Å². The molecular weight excluding hydrogens is 378 g/mol. The molecule has 1 aliphatic heterocycles. The lowest BCUT2D eigenvalue weighted by Crippen LogP contribution is -2.29. The quantitative estimate of drug-likeness (QED) is 0.507. The first-order valence-corrected chi connectivity index (χ1v) is 10.8. The molecule has 0 radical (unpaired) electrons. The molecule has 1 saturated heterocycles. The molecule has 1 fully saturated rings. The third-order valence-electron chi connectivity index (χ3n) is 4.81. The fourth-order valence-electron chi connectivity index (χ4n) is 3.33. The van der Waals surface area contributed by atoms with Crippen LogP contribution in [0.25, 0.3) is 6.08 Å². The Morgan fingerprint density at radius 1 is 0.966 bits per heavy atom.